The predicted molar refractivity (Wildman–Crippen MR) is 125 cm³/mol. The van der Waals surface area contributed by atoms with Gasteiger partial charge in [0.1, 0.15) is 12.6 Å². The minimum Gasteiger partial charge on any atom is -0.481 e. The fourth-order valence-corrected chi connectivity index (χ4v) is 4.98. The number of hydrogen-bond donors (Lipinski definition) is 3. The number of methoxy groups -OCH3 is 1. The molecule has 1 saturated carbocycles. The molecule has 0 aromatic heterocycles. The SMILES string of the molecule is COC1CCCC1NC(=O)C(CCC(=O)O)NC(=O)OCC1c2ccccc2-c2ccccc21. The van der Waals surface area contributed by atoms with Crippen LogP contribution in [0.15, 0.2) is 48.5 Å². The third kappa shape index (κ3) is 5.22. The fourth-order valence-electron chi connectivity index (χ4n) is 4.98. The van der Waals surface area contributed by atoms with Crippen molar-refractivity contribution in [2.75, 3.05) is 13.7 Å². The molecule has 4 rings (SSSR count). The van der Waals surface area contributed by atoms with Crippen molar-refractivity contribution in [2.45, 2.75) is 56.2 Å². The molecule has 2 amide bonds. The second-order valence-corrected chi connectivity index (χ2v) is 8.78. The van der Waals surface area contributed by atoms with Crippen molar-refractivity contribution in [3.8, 4) is 11.1 Å². The van der Waals surface area contributed by atoms with E-state index in [9.17, 15) is 14.4 Å². The lowest BCUT2D eigenvalue weighted by Crippen LogP contribution is -2.51. The molecule has 1 fully saturated rings. The third-order valence-electron chi connectivity index (χ3n) is 6.68. The quantitative estimate of drug-likeness (QED) is 0.522. The van der Waals surface area contributed by atoms with Gasteiger partial charge in [0.2, 0.25) is 5.91 Å². The molecule has 0 aliphatic heterocycles. The number of carboxylic acid groups (broad SMARTS) is 1. The van der Waals surface area contributed by atoms with Crippen molar-refractivity contribution in [3.05, 3.63) is 59.7 Å². The molecule has 0 saturated heterocycles. The summed E-state index contributed by atoms with van der Waals surface area (Å²) in [5.41, 5.74) is 4.41. The molecule has 0 spiro atoms. The Labute approximate surface area is 198 Å². The zero-order valence-corrected chi connectivity index (χ0v) is 19.2. The van der Waals surface area contributed by atoms with E-state index in [-0.39, 0.29) is 37.5 Å². The van der Waals surface area contributed by atoms with Gasteiger partial charge >= 0.3 is 12.1 Å². The highest BCUT2D eigenvalue weighted by Gasteiger charge is 2.32. The van der Waals surface area contributed by atoms with Crippen LogP contribution in [0.2, 0.25) is 0 Å². The normalized spacial score (nSPS) is 19.7. The van der Waals surface area contributed by atoms with Crippen LogP contribution in [0.4, 0.5) is 4.79 Å². The van der Waals surface area contributed by atoms with Gasteiger partial charge < -0.3 is 25.2 Å². The Morgan fingerprint density at radius 2 is 1.68 bits per heavy atom. The summed E-state index contributed by atoms with van der Waals surface area (Å²) in [5.74, 6) is -1.57. The summed E-state index contributed by atoms with van der Waals surface area (Å²) in [6.07, 6.45) is 1.45. The predicted octanol–water partition coefficient (Wildman–Crippen LogP) is 3.44. The first kappa shape index (κ1) is 23.8. The standard InChI is InChI=1S/C26H30N2O6/c1-33-23-12-6-11-21(23)27-25(31)22(13-14-24(29)30)28-26(32)34-15-20-18-9-4-2-7-16(18)17-8-3-5-10-19(17)20/h2-5,7-10,20-23H,6,11-15H2,1H3,(H,27,31)(H,28,32)(H,29,30). The summed E-state index contributed by atoms with van der Waals surface area (Å²) in [7, 11) is 1.60. The molecule has 0 radical (unpaired) electrons. The topological polar surface area (TPSA) is 114 Å². The van der Waals surface area contributed by atoms with Gasteiger partial charge in [0, 0.05) is 19.4 Å². The maximum Gasteiger partial charge on any atom is 0.407 e. The molecular formula is C26H30N2O6. The van der Waals surface area contributed by atoms with Crippen molar-refractivity contribution in [2.24, 2.45) is 0 Å². The molecule has 3 N–H and O–H groups in total. The summed E-state index contributed by atoms with van der Waals surface area (Å²) < 4.78 is 11.0. The zero-order valence-electron chi connectivity index (χ0n) is 19.2. The van der Waals surface area contributed by atoms with E-state index in [4.69, 9.17) is 14.6 Å². The molecule has 180 valence electrons. The number of rotatable bonds is 9. The Kier molecular flexibility index (Phi) is 7.47. The number of nitrogens with one attached hydrogen (secondary N) is 2. The highest BCUT2D eigenvalue weighted by Crippen LogP contribution is 2.44. The van der Waals surface area contributed by atoms with Crippen molar-refractivity contribution < 1.29 is 29.0 Å². The number of ether oxygens (including phenoxy) is 2. The molecule has 3 unspecified atom stereocenters. The van der Waals surface area contributed by atoms with E-state index in [0.717, 1.165) is 41.5 Å². The number of amides is 2. The molecule has 8 nitrogen and oxygen atoms in total. The smallest absolute Gasteiger partial charge is 0.407 e. The number of aliphatic carboxylic acids is 1. The highest BCUT2D eigenvalue weighted by atomic mass is 16.5. The fraction of sp³-hybridized carbons (Fsp3) is 0.423. The van der Waals surface area contributed by atoms with Gasteiger partial charge in [0.25, 0.3) is 0 Å². The molecule has 2 aliphatic carbocycles. The second kappa shape index (κ2) is 10.7. The summed E-state index contributed by atoms with van der Waals surface area (Å²) >= 11 is 0. The first-order valence-electron chi connectivity index (χ1n) is 11.6. The largest absolute Gasteiger partial charge is 0.481 e. The molecule has 8 heteroatoms. The summed E-state index contributed by atoms with van der Waals surface area (Å²) in [6.45, 7) is 0.113. The van der Waals surface area contributed by atoms with Gasteiger partial charge in [-0.3, -0.25) is 9.59 Å². The average molecular weight is 467 g/mol. The van der Waals surface area contributed by atoms with Crippen molar-refractivity contribution in [1.82, 2.24) is 10.6 Å². The van der Waals surface area contributed by atoms with E-state index in [1.54, 1.807) is 7.11 Å². The molecule has 0 heterocycles. The van der Waals surface area contributed by atoms with Gasteiger partial charge in [-0.2, -0.15) is 0 Å². The average Bonchev–Trinajstić information content (AvgIpc) is 3.42. The molecule has 34 heavy (non-hydrogen) atoms. The summed E-state index contributed by atoms with van der Waals surface area (Å²) in [6, 6.07) is 14.9. The number of fused-ring (bicyclic) bond motifs is 3. The van der Waals surface area contributed by atoms with E-state index >= 15 is 0 Å². The first-order chi connectivity index (χ1) is 16.5. The third-order valence-corrected chi connectivity index (χ3v) is 6.68. The Morgan fingerprint density at radius 3 is 2.29 bits per heavy atom. The van der Waals surface area contributed by atoms with Gasteiger partial charge in [0.15, 0.2) is 0 Å². The first-order valence-corrected chi connectivity index (χ1v) is 11.6. The lowest BCUT2D eigenvalue weighted by Gasteiger charge is -2.24. The van der Waals surface area contributed by atoms with E-state index in [1.165, 1.54) is 0 Å². The van der Waals surface area contributed by atoms with Gasteiger partial charge in [0.05, 0.1) is 12.1 Å². The van der Waals surface area contributed by atoms with E-state index in [1.807, 2.05) is 36.4 Å². The van der Waals surface area contributed by atoms with Crippen LogP contribution in [0.3, 0.4) is 0 Å². The second-order valence-electron chi connectivity index (χ2n) is 8.78. The number of carboxylic acids is 1. The number of benzene rings is 2. The lowest BCUT2D eigenvalue weighted by molar-refractivity contribution is -0.137. The van der Waals surface area contributed by atoms with E-state index in [2.05, 4.69) is 22.8 Å². The molecular weight excluding hydrogens is 436 g/mol. The Hall–Kier alpha value is -3.39. The van der Waals surface area contributed by atoms with Crippen LogP contribution in [0.5, 0.6) is 0 Å². The van der Waals surface area contributed by atoms with Crippen molar-refractivity contribution in [1.29, 1.82) is 0 Å². The Balaban J connectivity index is 1.40. The molecule has 2 aromatic rings. The van der Waals surface area contributed by atoms with Crippen LogP contribution < -0.4 is 10.6 Å². The van der Waals surface area contributed by atoms with E-state index in [0.29, 0.717) is 0 Å². The number of alkyl carbamates (subject to hydrolysis) is 1. The Bertz CT molecular complexity index is 1010. The van der Waals surface area contributed by atoms with Crippen molar-refractivity contribution in [3.63, 3.8) is 0 Å². The maximum absolute atomic E-state index is 12.9. The van der Waals surface area contributed by atoms with Crippen LogP contribution in [0.1, 0.15) is 49.1 Å². The molecule has 0 bridgehead atoms. The highest BCUT2D eigenvalue weighted by molar-refractivity contribution is 5.86. The van der Waals surface area contributed by atoms with Gasteiger partial charge in [-0.25, -0.2) is 4.79 Å². The van der Waals surface area contributed by atoms with Crippen LogP contribution in [0, 0.1) is 0 Å². The summed E-state index contributed by atoms with van der Waals surface area (Å²) in [4.78, 5) is 36.6. The molecule has 3 atom stereocenters. The summed E-state index contributed by atoms with van der Waals surface area (Å²) in [5, 5.41) is 14.6. The van der Waals surface area contributed by atoms with Gasteiger partial charge in [-0.15, -0.1) is 0 Å². The van der Waals surface area contributed by atoms with Crippen LogP contribution in [-0.2, 0) is 19.1 Å². The van der Waals surface area contributed by atoms with Crippen LogP contribution >= 0.6 is 0 Å². The Morgan fingerprint density at radius 1 is 1.03 bits per heavy atom. The minimum absolute atomic E-state index is 0.0320. The number of carbonyl (C=O) groups excluding carboxylic acids is 2. The number of hydrogen-bond acceptors (Lipinski definition) is 5. The monoisotopic (exact) mass is 466 g/mol. The van der Waals surface area contributed by atoms with E-state index < -0.39 is 24.0 Å². The van der Waals surface area contributed by atoms with Crippen molar-refractivity contribution >= 4 is 18.0 Å². The van der Waals surface area contributed by atoms with Crippen LogP contribution in [0.25, 0.3) is 11.1 Å². The maximum atomic E-state index is 12.9. The van der Waals surface area contributed by atoms with Gasteiger partial charge in [-0.1, -0.05) is 48.5 Å². The molecule has 2 aromatic carbocycles. The van der Waals surface area contributed by atoms with Crippen LogP contribution in [-0.4, -0.2) is 55.0 Å². The number of carbonyl (C=O) groups is 3. The van der Waals surface area contributed by atoms with Gasteiger partial charge in [-0.05, 0) is 47.9 Å². The lowest BCUT2D eigenvalue weighted by atomic mass is 9.98. The minimum atomic E-state index is -1.04. The zero-order chi connectivity index (χ0) is 24.1. The molecule has 2 aliphatic rings.